The summed E-state index contributed by atoms with van der Waals surface area (Å²) in [5, 5.41) is 4.17. The van der Waals surface area contributed by atoms with E-state index in [1.54, 1.807) is 6.07 Å². The Kier molecular flexibility index (Phi) is 5.66. The Morgan fingerprint density at radius 2 is 1.74 bits per heavy atom. The van der Waals surface area contributed by atoms with Crippen molar-refractivity contribution in [3.63, 3.8) is 0 Å². The van der Waals surface area contributed by atoms with Crippen molar-refractivity contribution in [2.45, 2.75) is 26.7 Å². The van der Waals surface area contributed by atoms with E-state index >= 15 is 0 Å². The van der Waals surface area contributed by atoms with Crippen LogP contribution in [0.5, 0.6) is 0 Å². The van der Waals surface area contributed by atoms with Gasteiger partial charge in [-0.1, -0.05) is 44.2 Å². The first-order valence-electron chi connectivity index (χ1n) is 8.77. The van der Waals surface area contributed by atoms with Crippen LogP contribution in [-0.4, -0.2) is 16.0 Å². The summed E-state index contributed by atoms with van der Waals surface area (Å²) in [5.41, 5.74) is 9.63. The quantitative estimate of drug-likeness (QED) is 0.468. The van der Waals surface area contributed by atoms with Crippen molar-refractivity contribution < 1.29 is 4.79 Å². The summed E-state index contributed by atoms with van der Waals surface area (Å²) in [7, 11) is 0. The van der Waals surface area contributed by atoms with Gasteiger partial charge in [0.25, 0.3) is 5.91 Å². The minimum atomic E-state index is -0.268. The van der Waals surface area contributed by atoms with Crippen molar-refractivity contribution >= 4 is 39.8 Å². The molecule has 1 aromatic heterocycles. The number of anilines is 1. The van der Waals surface area contributed by atoms with E-state index in [1.165, 1.54) is 5.56 Å². The number of amides is 1. The number of para-hydroxylation sites is 1. The number of thiocarbonyl (C=S) groups is 1. The fourth-order valence-electron chi connectivity index (χ4n) is 2.79. The van der Waals surface area contributed by atoms with Gasteiger partial charge >= 0.3 is 0 Å². The van der Waals surface area contributed by atoms with Crippen molar-refractivity contribution in [3.8, 4) is 0 Å². The topological polar surface area (TPSA) is 66.1 Å². The van der Waals surface area contributed by atoms with Crippen LogP contribution in [0.2, 0.25) is 0 Å². The number of fused-ring (bicyclic) bond motifs is 1. The normalized spacial score (nSPS) is 10.7. The molecule has 0 saturated carbocycles. The third kappa shape index (κ3) is 4.60. The van der Waals surface area contributed by atoms with Gasteiger partial charge in [0.1, 0.15) is 0 Å². The highest BCUT2D eigenvalue weighted by Gasteiger charge is 2.12. The molecule has 3 aromatic rings. The summed E-state index contributed by atoms with van der Waals surface area (Å²) in [6.45, 7) is 6.16. The van der Waals surface area contributed by atoms with Gasteiger partial charge < -0.3 is 5.32 Å². The maximum Gasteiger partial charge on any atom is 0.270 e. The predicted molar refractivity (Wildman–Crippen MR) is 114 cm³/mol. The maximum atomic E-state index is 12.6. The number of carbonyl (C=O) groups is 1. The fraction of sp³-hybridized carbons (Fsp3) is 0.190. The average Bonchev–Trinajstić information content (AvgIpc) is 2.65. The lowest BCUT2D eigenvalue weighted by Gasteiger charge is -2.13. The number of rotatable bonds is 3. The third-order valence-corrected chi connectivity index (χ3v) is 4.42. The van der Waals surface area contributed by atoms with Gasteiger partial charge in [-0.25, -0.2) is 0 Å². The maximum absolute atomic E-state index is 12.6. The molecule has 138 valence electrons. The Morgan fingerprint density at radius 3 is 2.44 bits per heavy atom. The smallest absolute Gasteiger partial charge is 0.270 e. The second kappa shape index (κ2) is 8.14. The molecule has 0 radical (unpaired) electrons. The zero-order chi connectivity index (χ0) is 19.4. The van der Waals surface area contributed by atoms with Crippen molar-refractivity contribution in [2.75, 3.05) is 5.32 Å². The number of nitrogens with one attached hydrogen (secondary N) is 3. The molecule has 1 heterocycles. The van der Waals surface area contributed by atoms with Crippen LogP contribution in [0.25, 0.3) is 10.9 Å². The highest BCUT2D eigenvalue weighted by atomic mass is 32.1. The van der Waals surface area contributed by atoms with Gasteiger partial charge in [-0.2, -0.15) is 0 Å². The molecular weight excluding hydrogens is 356 g/mol. The van der Waals surface area contributed by atoms with Crippen LogP contribution < -0.4 is 16.2 Å². The molecule has 0 atom stereocenters. The van der Waals surface area contributed by atoms with Crippen LogP contribution in [0.3, 0.4) is 0 Å². The molecule has 3 rings (SSSR count). The van der Waals surface area contributed by atoms with Crippen LogP contribution in [0.1, 0.15) is 41.4 Å². The second-order valence-electron chi connectivity index (χ2n) is 6.64. The lowest BCUT2D eigenvalue weighted by atomic mass is 10.0. The molecule has 0 aliphatic carbocycles. The fourth-order valence-corrected chi connectivity index (χ4v) is 2.96. The Hall–Kier alpha value is -2.99. The second-order valence-corrected chi connectivity index (χ2v) is 7.05. The van der Waals surface area contributed by atoms with Gasteiger partial charge in [-0.15, -0.1) is 0 Å². The monoisotopic (exact) mass is 378 g/mol. The molecule has 27 heavy (non-hydrogen) atoms. The summed E-state index contributed by atoms with van der Waals surface area (Å²) in [5.74, 6) is 0.207. The van der Waals surface area contributed by atoms with E-state index in [0.717, 1.165) is 22.3 Å². The van der Waals surface area contributed by atoms with Gasteiger partial charge in [-0.3, -0.25) is 20.6 Å². The molecule has 0 spiro atoms. The van der Waals surface area contributed by atoms with Crippen molar-refractivity contribution in [1.82, 2.24) is 15.8 Å². The predicted octanol–water partition coefficient (Wildman–Crippen LogP) is 4.30. The molecule has 0 aliphatic rings. The molecule has 0 saturated heterocycles. The van der Waals surface area contributed by atoms with Crippen LogP contribution in [-0.2, 0) is 0 Å². The number of hydrogen-bond acceptors (Lipinski definition) is 3. The van der Waals surface area contributed by atoms with E-state index in [0.29, 0.717) is 16.6 Å². The van der Waals surface area contributed by atoms with E-state index in [1.807, 2.05) is 43.3 Å². The molecule has 2 aromatic carbocycles. The lowest BCUT2D eigenvalue weighted by Crippen LogP contribution is -2.43. The van der Waals surface area contributed by atoms with Gasteiger partial charge in [0.15, 0.2) is 5.11 Å². The Morgan fingerprint density at radius 1 is 1.04 bits per heavy atom. The Labute approximate surface area is 164 Å². The summed E-state index contributed by atoms with van der Waals surface area (Å²) in [4.78, 5) is 17.0. The molecule has 1 amide bonds. The first kappa shape index (κ1) is 18.8. The molecular formula is C21H22N4OS. The zero-order valence-corrected chi connectivity index (χ0v) is 16.4. The summed E-state index contributed by atoms with van der Waals surface area (Å²) < 4.78 is 0. The van der Waals surface area contributed by atoms with Crippen molar-refractivity contribution in [3.05, 3.63) is 71.4 Å². The Balaban J connectivity index is 1.64. The van der Waals surface area contributed by atoms with E-state index in [9.17, 15) is 4.79 Å². The standard InChI is InChI=1S/C21H22N4OS/c1-13(2)15-8-10-16(11-9-15)23-21(27)25-24-20(26)18-12-14(3)22-19-7-5-4-6-17(18)19/h4-13H,1-3H3,(H,24,26)(H2,23,25,27). The van der Waals surface area contributed by atoms with Crippen LogP contribution >= 0.6 is 12.2 Å². The molecule has 6 heteroatoms. The highest BCUT2D eigenvalue weighted by Crippen LogP contribution is 2.18. The Bertz CT molecular complexity index is 983. The number of benzene rings is 2. The molecule has 3 N–H and O–H groups in total. The first-order valence-corrected chi connectivity index (χ1v) is 9.18. The van der Waals surface area contributed by atoms with Crippen molar-refractivity contribution in [1.29, 1.82) is 0 Å². The number of aryl methyl sites for hydroxylation is 1. The molecule has 0 fully saturated rings. The molecule has 0 bridgehead atoms. The van der Waals surface area contributed by atoms with Gasteiger partial charge in [0.05, 0.1) is 11.1 Å². The number of hydrogen-bond donors (Lipinski definition) is 3. The van der Waals surface area contributed by atoms with E-state index in [2.05, 4.69) is 47.1 Å². The van der Waals surface area contributed by atoms with Gasteiger partial charge in [-0.05, 0) is 54.9 Å². The summed E-state index contributed by atoms with van der Waals surface area (Å²) in [6, 6.07) is 17.4. The highest BCUT2D eigenvalue weighted by molar-refractivity contribution is 7.80. The SMILES string of the molecule is Cc1cc(C(=O)NNC(=S)Nc2ccc(C(C)C)cc2)c2ccccc2n1. The lowest BCUT2D eigenvalue weighted by molar-refractivity contribution is 0.0945. The number of hydrazine groups is 1. The summed E-state index contributed by atoms with van der Waals surface area (Å²) in [6.07, 6.45) is 0. The average molecular weight is 379 g/mol. The van der Waals surface area contributed by atoms with Gasteiger partial charge in [0.2, 0.25) is 0 Å². The molecule has 0 aliphatic heterocycles. The van der Waals surface area contributed by atoms with Crippen molar-refractivity contribution in [2.24, 2.45) is 0 Å². The third-order valence-electron chi connectivity index (χ3n) is 4.21. The van der Waals surface area contributed by atoms with Crippen LogP contribution in [0.15, 0.2) is 54.6 Å². The number of carbonyl (C=O) groups excluding carboxylic acids is 1. The largest absolute Gasteiger partial charge is 0.331 e. The van der Waals surface area contributed by atoms with E-state index in [-0.39, 0.29) is 5.91 Å². The number of pyridine rings is 1. The number of aromatic nitrogens is 1. The zero-order valence-electron chi connectivity index (χ0n) is 15.5. The number of nitrogens with zero attached hydrogens (tertiary/aromatic N) is 1. The minimum Gasteiger partial charge on any atom is -0.331 e. The van der Waals surface area contributed by atoms with Crippen LogP contribution in [0, 0.1) is 6.92 Å². The van der Waals surface area contributed by atoms with Gasteiger partial charge in [0, 0.05) is 16.8 Å². The molecule has 0 unspecified atom stereocenters. The van der Waals surface area contributed by atoms with E-state index in [4.69, 9.17) is 12.2 Å². The first-order chi connectivity index (χ1) is 12.9. The van der Waals surface area contributed by atoms with E-state index < -0.39 is 0 Å². The minimum absolute atomic E-state index is 0.268. The van der Waals surface area contributed by atoms with Crippen LogP contribution in [0.4, 0.5) is 5.69 Å². The molecule has 5 nitrogen and oxygen atoms in total. The summed E-state index contributed by atoms with van der Waals surface area (Å²) >= 11 is 5.26.